The van der Waals surface area contributed by atoms with Crippen molar-refractivity contribution in [3.05, 3.63) is 35.4 Å². The van der Waals surface area contributed by atoms with Crippen LogP contribution in [0.15, 0.2) is 18.3 Å². The second kappa shape index (κ2) is 5.97. The minimum Gasteiger partial charge on any atom is -0.478 e. The van der Waals surface area contributed by atoms with Crippen molar-refractivity contribution in [3.8, 4) is 0 Å². The van der Waals surface area contributed by atoms with Gasteiger partial charge in [-0.1, -0.05) is 6.08 Å². The van der Waals surface area contributed by atoms with E-state index < -0.39 is 11.8 Å². The highest BCUT2D eigenvalue weighted by atomic mass is 19.1. The summed E-state index contributed by atoms with van der Waals surface area (Å²) < 4.78 is 13.0. The average molecular weight is 224 g/mol. The van der Waals surface area contributed by atoms with E-state index in [1.165, 1.54) is 6.07 Å². The zero-order valence-electron chi connectivity index (χ0n) is 8.90. The van der Waals surface area contributed by atoms with Gasteiger partial charge in [0.25, 0.3) is 0 Å². The number of aromatic nitrogens is 1. The number of aromatic carboxylic acids is 1. The van der Waals surface area contributed by atoms with E-state index in [-0.39, 0.29) is 5.56 Å². The third-order valence-corrected chi connectivity index (χ3v) is 1.96. The number of carbonyl (C=O) groups is 1. The number of halogens is 1. The van der Waals surface area contributed by atoms with E-state index in [1.807, 2.05) is 13.1 Å². The maximum absolute atomic E-state index is 13.0. The second-order valence-corrected chi connectivity index (χ2v) is 3.19. The van der Waals surface area contributed by atoms with Gasteiger partial charge in [0.1, 0.15) is 0 Å². The standard InChI is InChI=1S/C11H13FN2O2/c1-13-5-3-2-4-8-6-9(11(15)16)10(12)7-14-8/h2,4,6-7,13H,3,5H2,1H3,(H,15,16). The molecule has 0 radical (unpaired) electrons. The third kappa shape index (κ3) is 3.43. The Balaban J connectivity index is 2.78. The predicted molar refractivity (Wildman–Crippen MR) is 58.7 cm³/mol. The van der Waals surface area contributed by atoms with Crippen molar-refractivity contribution < 1.29 is 14.3 Å². The Hall–Kier alpha value is -1.75. The van der Waals surface area contributed by atoms with Crippen molar-refractivity contribution in [1.29, 1.82) is 0 Å². The molecule has 0 bridgehead atoms. The first-order valence-corrected chi connectivity index (χ1v) is 4.85. The summed E-state index contributed by atoms with van der Waals surface area (Å²) in [5.74, 6) is -2.11. The number of pyridine rings is 1. The van der Waals surface area contributed by atoms with Crippen LogP contribution in [0.5, 0.6) is 0 Å². The van der Waals surface area contributed by atoms with Crippen LogP contribution in [0.4, 0.5) is 4.39 Å². The molecule has 0 aliphatic carbocycles. The summed E-state index contributed by atoms with van der Waals surface area (Å²) >= 11 is 0. The van der Waals surface area contributed by atoms with Gasteiger partial charge >= 0.3 is 5.97 Å². The lowest BCUT2D eigenvalue weighted by Gasteiger charge is -1.98. The Kier molecular flexibility index (Phi) is 4.60. The molecule has 0 unspecified atom stereocenters. The molecule has 0 atom stereocenters. The van der Waals surface area contributed by atoms with Gasteiger partial charge in [-0.2, -0.15) is 0 Å². The molecule has 0 fully saturated rings. The summed E-state index contributed by atoms with van der Waals surface area (Å²) in [6, 6.07) is 1.22. The molecular formula is C11H13FN2O2. The molecule has 1 aromatic heterocycles. The van der Waals surface area contributed by atoms with Crippen LogP contribution in [0.3, 0.4) is 0 Å². The minimum atomic E-state index is -1.29. The Labute approximate surface area is 92.8 Å². The molecule has 16 heavy (non-hydrogen) atoms. The van der Waals surface area contributed by atoms with Crippen LogP contribution in [0.1, 0.15) is 22.5 Å². The van der Waals surface area contributed by atoms with Crippen LogP contribution in [0, 0.1) is 5.82 Å². The monoisotopic (exact) mass is 224 g/mol. The number of hydrogen-bond acceptors (Lipinski definition) is 3. The maximum Gasteiger partial charge on any atom is 0.338 e. The molecule has 0 aliphatic heterocycles. The Morgan fingerprint density at radius 3 is 3.06 bits per heavy atom. The number of carboxylic acid groups (broad SMARTS) is 1. The van der Waals surface area contributed by atoms with Crippen LogP contribution in [-0.2, 0) is 0 Å². The molecule has 0 spiro atoms. The molecule has 1 heterocycles. The summed E-state index contributed by atoms with van der Waals surface area (Å²) in [7, 11) is 1.84. The first kappa shape index (κ1) is 12.3. The van der Waals surface area contributed by atoms with Gasteiger partial charge in [0.15, 0.2) is 5.82 Å². The zero-order chi connectivity index (χ0) is 12.0. The van der Waals surface area contributed by atoms with Crippen molar-refractivity contribution in [1.82, 2.24) is 10.3 Å². The van der Waals surface area contributed by atoms with Crippen LogP contribution >= 0.6 is 0 Å². The molecule has 0 saturated heterocycles. The highest BCUT2D eigenvalue weighted by molar-refractivity contribution is 5.88. The van der Waals surface area contributed by atoms with Crippen LogP contribution in [0.25, 0.3) is 6.08 Å². The van der Waals surface area contributed by atoms with Crippen molar-refractivity contribution in [2.75, 3.05) is 13.6 Å². The average Bonchev–Trinajstić information content (AvgIpc) is 2.26. The molecular weight excluding hydrogens is 211 g/mol. The lowest BCUT2D eigenvalue weighted by molar-refractivity contribution is 0.0691. The quantitative estimate of drug-likeness (QED) is 0.745. The lowest BCUT2D eigenvalue weighted by Crippen LogP contribution is -2.05. The lowest BCUT2D eigenvalue weighted by atomic mass is 10.2. The van der Waals surface area contributed by atoms with Gasteiger partial charge in [0.2, 0.25) is 0 Å². The van der Waals surface area contributed by atoms with Crippen molar-refractivity contribution in [3.63, 3.8) is 0 Å². The summed E-state index contributed by atoms with van der Waals surface area (Å²) in [6.07, 6.45) is 5.24. The van der Waals surface area contributed by atoms with Crippen molar-refractivity contribution in [2.45, 2.75) is 6.42 Å². The van der Waals surface area contributed by atoms with Crippen LogP contribution < -0.4 is 5.32 Å². The van der Waals surface area contributed by atoms with E-state index in [0.29, 0.717) is 5.69 Å². The van der Waals surface area contributed by atoms with E-state index in [1.54, 1.807) is 6.08 Å². The maximum atomic E-state index is 13.0. The highest BCUT2D eigenvalue weighted by Gasteiger charge is 2.10. The third-order valence-electron chi connectivity index (χ3n) is 1.96. The molecule has 4 nitrogen and oxygen atoms in total. The SMILES string of the molecule is CNCCC=Cc1cc(C(=O)O)c(F)cn1. The second-order valence-electron chi connectivity index (χ2n) is 3.19. The van der Waals surface area contributed by atoms with E-state index in [4.69, 9.17) is 5.11 Å². The fourth-order valence-corrected chi connectivity index (χ4v) is 1.14. The Morgan fingerprint density at radius 1 is 1.69 bits per heavy atom. The normalized spacial score (nSPS) is 10.9. The topological polar surface area (TPSA) is 62.2 Å². The van der Waals surface area contributed by atoms with E-state index in [2.05, 4.69) is 10.3 Å². The number of hydrogen-bond donors (Lipinski definition) is 2. The van der Waals surface area contributed by atoms with Gasteiger partial charge in [0, 0.05) is 0 Å². The summed E-state index contributed by atoms with van der Waals surface area (Å²) in [4.78, 5) is 14.4. The highest BCUT2D eigenvalue weighted by Crippen LogP contribution is 2.09. The molecule has 5 heteroatoms. The molecule has 0 saturated carbocycles. The van der Waals surface area contributed by atoms with Gasteiger partial charge in [-0.25, -0.2) is 9.18 Å². The molecule has 0 aliphatic rings. The van der Waals surface area contributed by atoms with Crippen molar-refractivity contribution >= 4 is 12.0 Å². The van der Waals surface area contributed by atoms with Gasteiger partial charge in [-0.15, -0.1) is 0 Å². The molecule has 86 valence electrons. The van der Waals surface area contributed by atoms with Gasteiger partial charge < -0.3 is 10.4 Å². The fraction of sp³-hybridized carbons (Fsp3) is 0.273. The predicted octanol–water partition coefficient (Wildman–Crippen LogP) is 1.54. The fourth-order valence-electron chi connectivity index (χ4n) is 1.14. The molecule has 1 rings (SSSR count). The molecule has 0 amide bonds. The molecule has 2 N–H and O–H groups in total. The summed E-state index contributed by atoms with van der Waals surface area (Å²) in [6.45, 7) is 0.823. The summed E-state index contributed by atoms with van der Waals surface area (Å²) in [5, 5.41) is 11.7. The van der Waals surface area contributed by atoms with E-state index in [9.17, 15) is 9.18 Å². The minimum absolute atomic E-state index is 0.358. The van der Waals surface area contributed by atoms with E-state index in [0.717, 1.165) is 19.2 Å². The van der Waals surface area contributed by atoms with Gasteiger partial charge in [-0.3, -0.25) is 4.98 Å². The zero-order valence-corrected chi connectivity index (χ0v) is 8.90. The number of nitrogens with zero attached hydrogens (tertiary/aromatic N) is 1. The Bertz CT molecular complexity index is 405. The van der Waals surface area contributed by atoms with E-state index >= 15 is 0 Å². The number of carboxylic acids is 1. The summed E-state index contributed by atoms with van der Waals surface area (Å²) in [5.41, 5.74) is 0.0816. The van der Waals surface area contributed by atoms with Crippen LogP contribution in [-0.4, -0.2) is 29.7 Å². The van der Waals surface area contributed by atoms with Gasteiger partial charge in [-0.05, 0) is 32.2 Å². The number of rotatable bonds is 5. The van der Waals surface area contributed by atoms with Gasteiger partial charge in [0.05, 0.1) is 17.5 Å². The van der Waals surface area contributed by atoms with Crippen LogP contribution in [0.2, 0.25) is 0 Å². The largest absolute Gasteiger partial charge is 0.478 e. The molecule has 0 aromatic carbocycles. The van der Waals surface area contributed by atoms with Crippen molar-refractivity contribution in [2.24, 2.45) is 0 Å². The Morgan fingerprint density at radius 2 is 2.44 bits per heavy atom. The molecule has 1 aromatic rings. The number of nitrogens with one attached hydrogen (secondary N) is 1. The first-order valence-electron chi connectivity index (χ1n) is 4.85. The smallest absolute Gasteiger partial charge is 0.338 e. The first-order chi connectivity index (χ1) is 7.65.